The highest BCUT2D eigenvalue weighted by atomic mass is 16.5. The fourth-order valence-electron chi connectivity index (χ4n) is 3.34. The molecule has 0 bridgehead atoms. The third-order valence-electron chi connectivity index (χ3n) is 4.52. The molecule has 1 atom stereocenters. The van der Waals surface area contributed by atoms with E-state index in [4.69, 9.17) is 9.72 Å². The fraction of sp³-hybridized carbons (Fsp3) is 0.400. The first kappa shape index (κ1) is 16.8. The van der Waals surface area contributed by atoms with Crippen molar-refractivity contribution in [3.05, 3.63) is 42.7 Å². The summed E-state index contributed by atoms with van der Waals surface area (Å²) < 4.78 is 7.80. The molecule has 6 nitrogen and oxygen atoms in total. The van der Waals surface area contributed by atoms with E-state index in [1.807, 2.05) is 61.0 Å². The summed E-state index contributed by atoms with van der Waals surface area (Å²) in [6, 6.07) is 10.4. The number of hydrogen-bond acceptors (Lipinski definition) is 5. The van der Waals surface area contributed by atoms with Gasteiger partial charge in [-0.25, -0.2) is 9.97 Å². The second-order valence-corrected chi connectivity index (χ2v) is 7.00. The van der Waals surface area contributed by atoms with Crippen molar-refractivity contribution in [3.63, 3.8) is 0 Å². The van der Waals surface area contributed by atoms with Crippen LogP contribution in [0.25, 0.3) is 17.0 Å². The number of imidazole rings is 1. The Balaban J connectivity index is 1.59. The highest BCUT2D eigenvalue weighted by Gasteiger charge is 2.14. The lowest BCUT2D eigenvalue weighted by Crippen LogP contribution is -2.38. The molecule has 6 heteroatoms. The second-order valence-electron chi connectivity index (χ2n) is 7.00. The number of piperidine rings is 1. The van der Waals surface area contributed by atoms with Gasteiger partial charge in [-0.15, -0.1) is 0 Å². The van der Waals surface area contributed by atoms with E-state index in [9.17, 15) is 0 Å². The number of fused-ring (bicyclic) bond motifs is 1. The molecule has 1 unspecified atom stereocenters. The Hall–Kier alpha value is -2.60. The van der Waals surface area contributed by atoms with E-state index in [2.05, 4.69) is 15.6 Å². The number of aromatic nitrogens is 3. The molecule has 136 valence electrons. The van der Waals surface area contributed by atoms with Gasteiger partial charge in [0.15, 0.2) is 0 Å². The molecule has 0 spiro atoms. The van der Waals surface area contributed by atoms with Gasteiger partial charge in [-0.1, -0.05) is 6.07 Å². The van der Waals surface area contributed by atoms with Crippen molar-refractivity contribution in [2.75, 3.05) is 18.4 Å². The minimum Gasteiger partial charge on any atom is -0.491 e. The lowest BCUT2D eigenvalue weighted by molar-refractivity contribution is 0.242. The molecule has 2 N–H and O–H groups in total. The van der Waals surface area contributed by atoms with Crippen LogP contribution >= 0.6 is 0 Å². The fourth-order valence-corrected chi connectivity index (χ4v) is 3.34. The second kappa shape index (κ2) is 7.33. The van der Waals surface area contributed by atoms with Crippen molar-refractivity contribution >= 4 is 11.5 Å². The summed E-state index contributed by atoms with van der Waals surface area (Å²) in [6.45, 7) is 6.13. The number of nitrogens with zero attached hydrogens (tertiary/aromatic N) is 3. The van der Waals surface area contributed by atoms with Crippen LogP contribution in [0.5, 0.6) is 5.75 Å². The molecule has 3 aromatic heterocycles. The molecule has 0 aliphatic carbocycles. The predicted molar refractivity (Wildman–Crippen MR) is 104 cm³/mol. The minimum absolute atomic E-state index is 0.144. The number of ether oxygens (including phenoxy) is 1. The highest BCUT2D eigenvalue weighted by molar-refractivity contribution is 5.62. The van der Waals surface area contributed by atoms with Gasteiger partial charge in [0.1, 0.15) is 17.2 Å². The molecule has 1 aliphatic heterocycles. The van der Waals surface area contributed by atoms with Crippen molar-refractivity contribution in [1.82, 2.24) is 19.7 Å². The summed E-state index contributed by atoms with van der Waals surface area (Å²) in [5.41, 5.74) is 2.74. The maximum atomic E-state index is 5.76. The maximum absolute atomic E-state index is 5.76. The van der Waals surface area contributed by atoms with Crippen LogP contribution in [-0.2, 0) is 0 Å². The maximum Gasteiger partial charge on any atom is 0.140 e. The van der Waals surface area contributed by atoms with E-state index in [0.717, 1.165) is 41.7 Å². The minimum atomic E-state index is 0.144. The van der Waals surface area contributed by atoms with E-state index in [0.29, 0.717) is 6.04 Å². The van der Waals surface area contributed by atoms with Crippen LogP contribution in [0.2, 0.25) is 0 Å². The van der Waals surface area contributed by atoms with E-state index in [-0.39, 0.29) is 6.10 Å². The van der Waals surface area contributed by atoms with E-state index in [1.165, 1.54) is 12.8 Å². The Morgan fingerprint density at radius 2 is 2.23 bits per heavy atom. The van der Waals surface area contributed by atoms with Crippen LogP contribution in [0.4, 0.5) is 5.82 Å². The molecule has 0 saturated carbocycles. The number of nitrogens with one attached hydrogen (secondary N) is 2. The largest absolute Gasteiger partial charge is 0.491 e. The summed E-state index contributed by atoms with van der Waals surface area (Å²) in [6.07, 6.45) is 6.37. The topological polar surface area (TPSA) is 63.5 Å². The summed E-state index contributed by atoms with van der Waals surface area (Å²) in [7, 11) is 0. The Morgan fingerprint density at radius 1 is 1.31 bits per heavy atom. The lowest BCUT2D eigenvalue weighted by Gasteiger charge is -2.24. The van der Waals surface area contributed by atoms with Gasteiger partial charge in [-0.2, -0.15) is 0 Å². The van der Waals surface area contributed by atoms with Gasteiger partial charge in [0.2, 0.25) is 0 Å². The summed E-state index contributed by atoms with van der Waals surface area (Å²) in [5.74, 6) is 1.74. The van der Waals surface area contributed by atoms with Gasteiger partial charge in [0.05, 0.1) is 23.7 Å². The van der Waals surface area contributed by atoms with Crippen LogP contribution in [-0.4, -0.2) is 39.6 Å². The molecule has 0 aromatic carbocycles. The van der Waals surface area contributed by atoms with Crippen LogP contribution < -0.4 is 15.4 Å². The van der Waals surface area contributed by atoms with Gasteiger partial charge in [-0.3, -0.25) is 4.40 Å². The van der Waals surface area contributed by atoms with Crippen molar-refractivity contribution in [2.24, 2.45) is 0 Å². The summed E-state index contributed by atoms with van der Waals surface area (Å²) in [5, 5.41) is 6.96. The standard InChI is InChI=1S/C20H25N5O/c1-14(2)26-16-8-10-25-18(13-22-20(25)11-16)17-6-3-7-19(24-17)23-15-5-4-9-21-12-15/h3,6-8,10-11,13-15,21H,4-5,9,12H2,1-2H3,(H,23,24). The average Bonchev–Trinajstić information content (AvgIpc) is 3.05. The van der Waals surface area contributed by atoms with Crippen LogP contribution in [0, 0.1) is 0 Å². The summed E-state index contributed by atoms with van der Waals surface area (Å²) in [4.78, 5) is 9.32. The van der Waals surface area contributed by atoms with Crippen molar-refractivity contribution in [3.8, 4) is 17.1 Å². The van der Waals surface area contributed by atoms with Crippen LogP contribution in [0.15, 0.2) is 42.7 Å². The zero-order chi connectivity index (χ0) is 17.9. The Labute approximate surface area is 153 Å². The first-order valence-electron chi connectivity index (χ1n) is 9.27. The monoisotopic (exact) mass is 351 g/mol. The van der Waals surface area contributed by atoms with Gasteiger partial charge in [-0.05, 0) is 51.4 Å². The molecule has 4 rings (SSSR count). The zero-order valence-electron chi connectivity index (χ0n) is 15.3. The summed E-state index contributed by atoms with van der Waals surface area (Å²) >= 11 is 0. The Bertz CT molecular complexity index is 883. The molecular weight excluding hydrogens is 326 g/mol. The number of anilines is 1. The average molecular weight is 351 g/mol. The molecule has 4 heterocycles. The Morgan fingerprint density at radius 3 is 3.04 bits per heavy atom. The molecule has 1 saturated heterocycles. The molecular formula is C20H25N5O. The first-order valence-corrected chi connectivity index (χ1v) is 9.27. The zero-order valence-corrected chi connectivity index (χ0v) is 15.3. The lowest BCUT2D eigenvalue weighted by atomic mass is 10.1. The third kappa shape index (κ3) is 3.65. The highest BCUT2D eigenvalue weighted by Crippen LogP contribution is 2.24. The van der Waals surface area contributed by atoms with E-state index < -0.39 is 0 Å². The number of hydrogen-bond donors (Lipinski definition) is 2. The predicted octanol–water partition coefficient (Wildman–Crippen LogP) is 3.35. The van der Waals surface area contributed by atoms with E-state index >= 15 is 0 Å². The first-order chi connectivity index (χ1) is 12.7. The van der Waals surface area contributed by atoms with E-state index in [1.54, 1.807) is 0 Å². The third-order valence-corrected chi connectivity index (χ3v) is 4.52. The Kier molecular flexibility index (Phi) is 4.75. The van der Waals surface area contributed by atoms with Crippen molar-refractivity contribution < 1.29 is 4.74 Å². The van der Waals surface area contributed by atoms with Crippen molar-refractivity contribution in [2.45, 2.75) is 38.8 Å². The normalized spacial score (nSPS) is 17.6. The van der Waals surface area contributed by atoms with Crippen LogP contribution in [0.3, 0.4) is 0 Å². The SMILES string of the molecule is CC(C)Oc1ccn2c(-c3cccc(NC4CCCNC4)n3)cnc2c1. The molecule has 26 heavy (non-hydrogen) atoms. The smallest absolute Gasteiger partial charge is 0.140 e. The molecule has 1 aliphatic rings. The number of pyridine rings is 2. The van der Waals surface area contributed by atoms with Crippen molar-refractivity contribution in [1.29, 1.82) is 0 Å². The van der Waals surface area contributed by atoms with Gasteiger partial charge < -0.3 is 15.4 Å². The number of rotatable bonds is 5. The van der Waals surface area contributed by atoms with Crippen LogP contribution in [0.1, 0.15) is 26.7 Å². The quantitative estimate of drug-likeness (QED) is 0.738. The molecule has 1 fully saturated rings. The van der Waals surface area contributed by atoms with Gasteiger partial charge in [0.25, 0.3) is 0 Å². The van der Waals surface area contributed by atoms with Gasteiger partial charge >= 0.3 is 0 Å². The molecule has 0 amide bonds. The molecule has 0 radical (unpaired) electrons. The van der Waals surface area contributed by atoms with Gasteiger partial charge in [0, 0.05) is 24.8 Å². The molecule has 3 aromatic rings.